The topological polar surface area (TPSA) is 104 Å². The van der Waals surface area contributed by atoms with Gasteiger partial charge in [0.25, 0.3) is 0 Å². The fraction of sp³-hybridized carbons (Fsp3) is 0.200. The van der Waals surface area contributed by atoms with Gasteiger partial charge in [-0.1, -0.05) is 67.8 Å². The van der Waals surface area contributed by atoms with Crippen molar-refractivity contribution in [2.45, 2.75) is 38.7 Å². The van der Waals surface area contributed by atoms with Gasteiger partial charge in [-0.25, -0.2) is 4.79 Å². The summed E-state index contributed by atoms with van der Waals surface area (Å²) in [4.78, 5) is 12.9. The highest BCUT2D eigenvalue weighted by molar-refractivity contribution is 6.31. The molecule has 1 unspecified atom stereocenters. The Labute approximate surface area is 256 Å². The molecule has 1 atom stereocenters. The van der Waals surface area contributed by atoms with Crippen LogP contribution in [0.15, 0.2) is 102 Å². The Kier molecular flexibility index (Phi) is 9.50. The molecule has 0 fully saturated rings. The van der Waals surface area contributed by atoms with E-state index in [4.69, 9.17) is 36.3 Å². The van der Waals surface area contributed by atoms with Gasteiger partial charge in [-0.05, 0) is 60.5 Å². The maximum Gasteiger partial charge on any atom is 0.343 e. The van der Waals surface area contributed by atoms with Crippen LogP contribution in [0.1, 0.15) is 59.2 Å². The second-order valence-electron chi connectivity index (χ2n) is 10.0. The van der Waals surface area contributed by atoms with E-state index < -0.39 is 11.9 Å². The molecule has 1 heterocycles. The predicted octanol–water partition coefficient (Wildman–Crippen LogP) is 7.93. The number of carbonyl (C=O) groups excluding carboxylic acids is 1. The minimum absolute atomic E-state index is 0.0135. The summed E-state index contributed by atoms with van der Waals surface area (Å²) in [6.45, 7) is 3.07. The molecule has 0 aromatic heterocycles. The molecule has 43 heavy (non-hydrogen) atoms. The van der Waals surface area contributed by atoms with Crippen LogP contribution in [-0.4, -0.2) is 12.6 Å². The molecule has 4 aromatic carbocycles. The maximum absolute atomic E-state index is 12.9. The molecule has 0 spiro atoms. The number of carbonyl (C=O) groups is 1. The summed E-state index contributed by atoms with van der Waals surface area (Å²) in [5.41, 5.74) is 9.22. The van der Waals surface area contributed by atoms with Crippen molar-refractivity contribution in [2.75, 3.05) is 6.61 Å². The summed E-state index contributed by atoms with van der Waals surface area (Å²) in [6.07, 6.45) is 3.22. The number of hydrogen-bond acceptors (Lipinski definition) is 7. The van der Waals surface area contributed by atoms with E-state index in [1.54, 1.807) is 42.5 Å². The minimum Gasteiger partial charge on any atom is -0.494 e. The molecule has 1 aliphatic rings. The highest BCUT2D eigenvalue weighted by Gasteiger charge is 2.31. The number of allylic oxidation sites excluding steroid dienone is 1. The molecular weight excluding hydrogens is 564 g/mol. The van der Waals surface area contributed by atoms with Crippen molar-refractivity contribution in [3.05, 3.63) is 130 Å². The smallest absolute Gasteiger partial charge is 0.343 e. The van der Waals surface area contributed by atoms with Crippen molar-refractivity contribution < 1.29 is 23.7 Å². The number of halogens is 1. The van der Waals surface area contributed by atoms with Crippen LogP contribution in [0.3, 0.4) is 0 Å². The van der Waals surface area contributed by atoms with Crippen molar-refractivity contribution in [2.24, 2.45) is 5.73 Å². The number of esters is 1. The van der Waals surface area contributed by atoms with Gasteiger partial charge >= 0.3 is 5.97 Å². The summed E-state index contributed by atoms with van der Waals surface area (Å²) < 4.78 is 23.2. The van der Waals surface area contributed by atoms with Crippen molar-refractivity contribution >= 4 is 17.6 Å². The second-order valence-corrected chi connectivity index (χ2v) is 10.5. The molecule has 0 amide bonds. The van der Waals surface area contributed by atoms with Crippen LogP contribution in [0.25, 0.3) is 0 Å². The molecule has 7 nitrogen and oxygen atoms in total. The number of unbranched alkanes of at least 4 members (excludes halogenated alkanes) is 2. The van der Waals surface area contributed by atoms with E-state index in [2.05, 4.69) is 13.0 Å². The van der Waals surface area contributed by atoms with Gasteiger partial charge in [0.15, 0.2) is 0 Å². The summed E-state index contributed by atoms with van der Waals surface area (Å²) in [7, 11) is 0. The van der Waals surface area contributed by atoms with Crippen LogP contribution >= 0.6 is 11.6 Å². The van der Waals surface area contributed by atoms with Gasteiger partial charge in [0.1, 0.15) is 41.2 Å². The average Bonchev–Trinajstić information content (AvgIpc) is 3.02. The SMILES string of the molecule is CCCCCOc1ccc(C(=O)Oc2ccc3c(c2)OC(N)=C(C#N)C3c2cccc(OCc3ccccc3Cl)c2)cc1. The molecule has 8 heteroatoms. The van der Waals surface area contributed by atoms with Crippen LogP contribution in [-0.2, 0) is 6.61 Å². The Morgan fingerprint density at radius 2 is 1.72 bits per heavy atom. The Bertz CT molecular complexity index is 1680. The predicted molar refractivity (Wildman–Crippen MR) is 164 cm³/mol. The standard InChI is InChI=1S/C35H31ClN2O5/c1-2-3-6-18-40-26-14-12-23(13-15-26)35(39)42-28-16-17-29-32(20-28)43-34(38)30(21-37)33(29)24-9-7-10-27(19-24)41-22-25-8-4-5-11-31(25)36/h4-5,7-17,19-20,33H,2-3,6,18,22,38H2,1H3. The molecule has 218 valence electrons. The van der Waals surface area contributed by atoms with E-state index in [0.29, 0.717) is 46.6 Å². The zero-order chi connectivity index (χ0) is 30.2. The molecule has 0 aliphatic carbocycles. The number of nitriles is 1. The minimum atomic E-state index is -0.519. The van der Waals surface area contributed by atoms with E-state index in [1.165, 1.54) is 0 Å². The monoisotopic (exact) mass is 594 g/mol. The fourth-order valence-corrected chi connectivity index (χ4v) is 4.99. The van der Waals surface area contributed by atoms with E-state index in [1.807, 2.05) is 48.5 Å². The largest absolute Gasteiger partial charge is 0.494 e. The molecule has 0 bridgehead atoms. The van der Waals surface area contributed by atoms with E-state index in [9.17, 15) is 10.1 Å². The summed E-state index contributed by atoms with van der Waals surface area (Å²) in [5.74, 6) is 0.957. The van der Waals surface area contributed by atoms with E-state index in [0.717, 1.165) is 30.4 Å². The molecular formula is C35H31ClN2O5. The number of ether oxygens (including phenoxy) is 4. The van der Waals surface area contributed by atoms with Gasteiger partial charge in [0.2, 0.25) is 5.88 Å². The second kappa shape index (κ2) is 13.8. The highest BCUT2D eigenvalue weighted by atomic mass is 35.5. The zero-order valence-corrected chi connectivity index (χ0v) is 24.5. The lowest BCUT2D eigenvalue weighted by Crippen LogP contribution is -2.21. The third-order valence-corrected chi connectivity index (χ3v) is 7.42. The summed E-state index contributed by atoms with van der Waals surface area (Å²) in [5, 5.41) is 10.6. The molecule has 0 radical (unpaired) electrons. The van der Waals surface area contributed by atoms with E-state index in [-0.39, 0.29) is 17.2 Å². The van der Waals surface area contributed by atoms with Crippen molar-refractivity contribution in [1.82, 2.24) is 0 Å². The Morgan fingerprint density at radius 3 is 2.49 bits per heavy atom. The van der Waals surface area contributed by atoms with Gasteiger partial charge in [-0.3, -0.25) is 0 Å². The van der Waals surface area contributed by atoms with Gasteiger partial charge in [-0.15, -0.1) is 0 Å². The Morgan fingerprint density at radius 1 is 0.930 bits per heavy atom. The number of hydrogen-bond donors (Lipinski definition) is 1. The first-order chi connectivity index (χ1) is 21.0. The number of fused-ring (bicyclic) bond motifs is 1. The Hall–Kier alpha value is -4.93. The lowest BCUT2D eigenvalue weighted by atomic mass is 9.83. The van der Waals surface area contributed by atoms with Gasteiger partial charge in [0, 0.05) is 22.2 Å². The zero-order valence-electron chi connectivity index (χ0n) is 23.7. The lowest BCUT2D eigenvalue weighted by Gasteiger charge is -2.27. The van der Waals surface area contributed by atoms with Crippen LogP contribution in [0.5, 0.6) is 23.0 Å². The summed E-state index contributed by atoms with van der Waals surface area (Å²) in [6, 6.07) is 29.0. The lowest BCUT2D eigenvalue weighted by molar-refractivity contribution is 0.0734. The van der Waals surface area contributed by atoms with Crippen molar-refractivity contribution in [3.63, 3.8) is 0 Å². The quantitative estimate of drug-likeness (QED) is 0.107. The van der Waals surface area contributed by atoms with Gasteiger partial charge in [0.05, 0.1) is 18.1 Å². The Balaban J connectivity index is 1.33. The fourth-order valence-electron chi connectivity index (χ4n) is 4.80. The van der Waals surface area contributed by atoms with Crippen molar-refractivity contribution in [1.29, 1.82) is 5.26 Å². The van der Waals surface area contributed by atoms with E-state index >= 15 is 0 Å². The van der Waals surface area contributed by atoms with Gasteiger partial charge in [-0.2, -0.15) is 5.26 Å². The third kappa shape index (κ3) is 7.11. The van der Waals surface area contributed by atoms with Crippen molar-refractivity contribution in [3.8, 4) is 29.1 Å². The van der Waals surface area contributed by atoms with Gasteiger partial charge < -0.3 is 24.7 Å². The first-order valence-electron chi connectivity index (χ1n) is 14.1. The molecule has 1 aliphatic heterocycles. The maximum atomic E-state index is 12.9. The van der Waals surface area contributed by atoms with Crippen LogP contribution < -0.4 is 24.7 Å². The molecule has 0 saturated heterocycles. The number of rotatable bonds is 11. The summed E-state index contributed by atoms with van der Waals surface area (Å²) >= 11 is 6.28. The highest BCUT2D eigenvalue weighted by Crippen LogP contribution is 2.44. The number of nitrogens with two attached hydrogens (primary N) is 1. The van der Waals surface area contributed by atoms with Crippen LogP contribution in [0.4, 0.5) is 0 Å². The molecule has 0 saturated carbocycles. The first kappa shape index (κ1) is 29.6. The molecule has 4 aromatic rings. The molecule has 5 rings (SSSR count). The van der Waals surface area contributed by atoms with Crippen LogP contribution in [0, 0.1) is 11.3 Å². The average molecular weight is 595 g/mol. The molecule has 2 N–H and O–H groups in total. The first-order valence-corrected chi connectivity index (χ1v) is 14.5. The number of benzene rings is 4. The number of nitrogens with zero attached hydrogens (tertiary/aromatic N) is 1. The van der Waals surface area contributed by atoms with Crippen LogP contribution in [0.2, 0.25) is 5.02 Å². The third-order valence-electron chi connectivity index (χ3n) is 7.05. The normalized spacial score (nSPS) is 13.8.